The van der Waals surface area contributed by atoms with E-state index in [2.05, 4.69) is 30.5 Å². The number of unbranched alkanes of at least 4 members (excludes halogenated alkanes) is 1. The van der Waals surface area contributed by atoms with Crippen LogP contribution in [0.2, 0.25) is 0 Å². The summed E-state index contributed by atoms with van der Waals surface area (Å²) in [5, 5.41) is 8.68. The van der Waals surface area contributed by atoms with Crippen molar-refractivity contribution in [2.45, 2.75) is 31.4 Å². The molecule has 2 nitrogen and oxygen atoms in total. The van der Waals surface area contributed by atoms with Crippen LogP contribution in [-0.4, -0.2) is 46.7 Å². The number of thioether (sulfide) groups is 1. The van der Waals surface area contributed by atoms with E-state index in [0.29, 0.717) is 11.4 Å². The fraction of sp³-hybridized carbons (Fsp3) is 1.00. The highest BCUT2D eigenvalue weighted by Crippen LogP contribution is 2.29. The predicted octanol–water partition coefficient (Wildman–Crippen LogP) is 1.59. The van der Waals surface area contributed by atoms with Gasteiger partial charge in [-0.15, -0.1) is 0 Å². The van der Waals surface area contributed by atoms with Crippen LogP contribution in [0.5, 0.6) is 0 Å². The van der Waals surface area contributed by atoms with Crippen LogP contribution in [0.4, 0.5) is 0 Å². The summed E-state index contributed by atoms with van der Waals surface area (Å²) in [6.45, 7) is 8.55. The molecule has 1 fully saturated rings. The Morgan fingerprint density at radius 3 is 2.77 bits per heavy atom. The van der Waals surface area contributed by atoms with Crippen molar-refractivity contribution in [3.05, 3.63) is 0 Å². The Kier molecular flexibility index (Phi) is 4.56. The fourth-order valence-electron chi connectivity index (χ4n) is 1.75. The van der Waals surface area contributed by atoms with Gasteiger partial charge in [-0.2, -0.15) is 11.8 Å². The monoisotopic (exact) mass is 203 g/mol. The molecule has 1 aliphatic heterocycles. The van der Waals surface area contributed by atoms with Gasteiger partial charge in [-0.3, -0.25) is 0 Å². The van der Waals surface area contributed by atoms with Crippen LogP contribution < -0.4 is 0 Å². The fourth-order valence-corrected chi connectivity index (χ4v) is 2.93. The second kappa shape index (κ2) is 5.23. The topological polar surface area (TPSA) is 23.5 Å². The van der Waals surface area contributed by atoms with Gasteiger partial charge in [-0.1, -0.05) is 0 Å². The van der Waals surface area contributed by atoms with E-state index in [0.717, 1.165) is 19.4 Å². The molecule has 13 heavy (non-hydrogen) atoms. The molecule has 0 unspecified atom stereocenters. The summed E-state index contributed by atoms with van der Waals surface area (Å²) in [5.74, 6) is 1.26. The second-order valence-corrected chi connectivity index (χ2v) is 6.12. The Bertz CT molecular complexity index is 150. The van der Waals surface area contributed by atoms with Gasteiger partial charge in [0.2, 0.25) is 0 Å². The number of rotatable bonds is 4. The van der Waals surface area contributed by atoms with Gasteiger partial charge in [-0.05, 0) is 33.2 Å². The molecule has 1 saturated heterocycles. The molecule has 1 aliphatic rings. The summed E-state index contributed by atoms with van der Waals surface area (Å²) >= 11 is 2.07. The number of hydrogen-bond acceptors (Lipinski definition) is 3. The molecule has 0 bridgehead atoms. The van der Waals surface area contributed by atoms with Crippen molar-refractivity contribution in [1.82, 2.24) is 4.90 Å². The van der Waals surface area contributed by atoms with E-state index in [1.165, 1.54) is 18.8 Å². The first-order valence-electron chi connectivity index (χ1n) is 5.11. The van der Waals surface area contributed by atoms with E-state index in [9.17, 15) is 0 Å². The average molecular weight is 203 g/mol. The van der Waals surface area contributed by atoms with Gasteiger partial charge in [0.25, 0.3) is 0 Å². The third kappa shape index (κ3) is 4.34. The molecule has 0 radical (unpaired) electrons. The molecule has 0 spiro atoms. The second-order valence-electron chi connectivity index (χ2n) is 4.32. The maximum absolute atomic E-state index is 8.68. The highest BCUT2D eigenvalue weighted by atomic mass is 32.2. The lowest BCUT2D eigenvalue weighted by Crippen LogP contribution is -2.43. The van der Waals surface area contributed by atoms with E-state index in [4.69, 9.17) is 5.11 Å². The lowest BCUT2D eigenvalue weighted by Gasteiger charge is -2.37. The van der Waals surface area contributed by atoms with Gasteiger partial charge in [0, 0.05) is 30.2 Å². The molecular weight excluding hydrogens is 182 g/mol. The molecule has 0 atom stereocenters. The Labute approximate surface area is 85.7 Å². The molecule has 1 rings (SSSR count). The number of aliphatic hydroxyl groups excluding tert-OH is 1. The lowest BCUT2D eigenvalue weighted by atomic mass is 10.1. The van der Waals surface area contributed by atoms with E-state index < -0.39 is 0 Å². The molecule has 78 valence electrons. The summed E-state index contributed by atoms with van der Waals surface area (Å²) in [5.41, 5.74) is 0. The molecule has 1 heterocycles. The number of hydrogen-bond donors (Lipinski definition) is 1. The van der Waals surface area contributed by atoms with Crippen LogP contribution in [0, 0.1) is 0 Å². The average Bonchev–Trinajstić information content (AvgIpc) is 2.03. The quantitative estimate of drug-likeness (QED) is 0.702. The molecule has 0 aromatic carbocycles. The van der Waals surface area contributed by atoms with Gasteiger partial charge >= 0.3 is 0 Å². The molecule has 0 aromatic rings. The normalized spacial score (nSPS) is 23.3. The minimum absolute atomic E-state index is 0.339. The first-order valence-corrected chi connectivity index (χ1v) is 6.10. The Balaban J connectivity index is 2.19. The standard InChI is InChI=1S/C10H21NOS/c1-10(2)9-11(6-8-13-10)5-3-4-7-12/h12H,3-9H2,1-2H3. The maximum Gasteiger partial charge on any atom is 0.0431 e. The summed E-state index contributed by atoms with van der Waals surface area (Å²) in [6.07, 6.45) is 2.08. The van der Waals surface area contributed by atoms with Crippen LogP contribution in [0.25, 0.3) is 0 Å². The summed E-state index contributed by atoms with van der Waals surface area (Å²) in [4.78, 5) is 2.52. The third-order valence-corrected chi connectivity index (χ3v) is 3.68. The summed E-state index contributed by atoms with van der Waals surface area (Å²) in [6, 6.07) is 0. The zero-order valence-electron chi connectivity index (χ0n) is 8.75. The first kappa shape index (κ1) is 11.3. The van der Waals surface area contributed by atoms with Crippen LogP contribution in [0.3, 0.4) is 0 Å². The van der Waals surface area contributed by atoms with Crippen LogP contribution in [0.15, 0.2) is 0 Å². The van der Waals surface area contributed by atoms with E-state index in [1.54, 1.807) is 0 Å². The van der Waals surface area contributed by atoms with Crippen molar-refractivity contribution in [2.75, 3.05) is 32.0 Å². The van der Waals surface area contributed by atoms with Crippen LogP contribution in [0.1, 0.15) is 26.7 Å². The Morgan fingerprint density at radius 2 is 2.15 bits per heavy atom. The largest absolute Gasteiger partial charge is 0.396 e. The lowest BCUT2D eigenvalue weighted by molar-refractivity contribution is 0.234. The predicted molar refractivity (Wildman–Crippen MR) is 59.3 cm³/mol. The minimum Gasteiger partial charge on any atom is -0.396 e. The van der Waals surface area contributed by atoms with Crippen molar-refractivity contribution in [3.63, 3.8) is 0 Å². The van der Waals surface area contributed by atoms with Gasteiger partial charge in [0.05, 0.1) is 0 Å². The molecule has 0 saturated carbocycles. The maximum atomic E-state index is 8.68. The van der Waals surface area contributed by atoms with Gasteiger partial charge in [-0.25, -0.2) is 0 Å². The molecule has 0 amide bonds. The first-order chi connectivity index (χ1) is 6.14. The van der Waals surface area contributed by atoms with E-state index >= 15 is 0 Å². The van der Waals surface area contributed by atoms with Crippen molar-refractivity contribution in [1.29, 1.82) is 0 Å². The number of aliphatic hydroxyl groups is 1. The van der Waals surface area contributed by atoms with Crippen molar-refractivity contribution >= 4 is 11.8 Å². The highest BCUT2D eigenvalue weighted by Gasteiger charge is 2.26. The Morgan fingerprint density at radius 1 is 1.38 bits per heavy atom. The molecule has 3 heteroatoms. The van der Waals surface area contributed by atoms with E-state index in [-0.39, 0.29) is 0 Å². The van der Waals surface area contributed by atoms with E-state index in [1.807, 2.05) is 0 Å². The smallest absolute Gasteiger partial charge is 0.0431 e. The van der Waals surface area contributed by atoms with Crippen molar-refractivity contribution < 1.29 is 5.11 Å². The molecule has 1 N–H and O–H groups in total. The summed E-state index contributed by atoms with van der Waals surface area (Å²) in [7, 11) is 0. The zero-order valence-corrected chi connectivity index (χ0v) is 9.57. The highest BCUT2D eigenvalue weighted by molar-refractivity contribution is 8.00. The van der Waals surface area contributed by atoms with Crippen molar-refractivity contribution in [3.8, 4) is 0 Å². The van der Waals surface area contributed by atoms with Gasteiger partial charge < -0.3 is 10.0 Å². The van der Waals surface area contributed by atoms with Gasteiger partial charge in [0.1, 0.15) is 0 Å². The minimum atomic E-state index is 0.339. The summed E-state index contributed by atoms with van der Waals surface area (Å²) < 4.78 is 0.428. The number of nitrogens with zero attached hydrogens (tertiary/aromatic N) is 1. The molecular formula is C10H21NOS. The van der Waals surface area contributed by atoms with Crippen molar-refractivity contribution in [2.24, 2.45) is 0 Å². The van der Waals surface area contributed by atoms with Crippen LogP contribution in [-0.2, 0) is 0 Å². The SMILES string of the molecule is CC1(C)CN(CCCCO)CCS1. The Hall–Kier alpha value is 0.270. The van der Waals surface area contributed by atoms with Gasteiger partial charge in [0.15, 0.2) is 0 Å². The molecule has 0 aliphatic carbocycles. The zero-order chi connectivity index (χ0) is 9.73. The third-order valence-electron chi connectivity index (χ3n) is 2.39. The van der Waals surface area contributed by atoms with Crippen LogP contribution >= 0.6 is 11.8 Å². The molecule has 0 aromatic heterocycles.